The highest BCUT2D eigenvalue weighted by Gasteiger charge is 2.24. The van der Waals surface area contributed by atoms with Crippen molar-refractivity contribution in [2.75, 3.05) is 18.0 Å². The molecule has 2 heterocycles. The molecule has 1 aliphatic heterocycles. The first-order valence-corrected chi connectivity index (χ1v) is 7.56. The lowest BCUT2D eigenvalue weighted by Crippen LogP contribution is -2.47. The maximum Gasteiger partial charge on any atom is 0.217 e. The molecule has 3 rings (SSSR count). The lowest BCUT2D eigenvalue weighted by atomic mass is 9.83. The van der Waals surface area contributed by atoms with Crippen molar-refractivity contribution in [1.29, 1.82) is 0 Å². The third-order valence-corrected chi connectivity index (χ3v) is 4.35. The summed E-state index contributed by atoms with van der Waals surface area (Å²) in [6.45, 7) is 3.44. The van der Waals surface area contributed by atoms with Crippen LogP contribution in [-0.4, -0.2) is 35.0 Å². The van der Waals surface area contributed by atoms with E-state index in [1.807, 2.05) is 0 Å². The van der Waals surface area contributed by atoms with Crippen molar-refractivity contribution in [3.63, 3.8) is 0 Å². The van der Waals surface area contributed by atoms with E-state index in [9.17, 15) is 4.79 Å². The quantitative estimate of drug-likeness (QED) is 0.914. The molecule has 1 aromatic heterocycles. The van der Waals surface area contributed by atoms with E-state index in [0.29, 0.717) is 5.92 Å². The molecule has 2 aliphatic rings. The van der Waals surface area contributed by atoms with Crippen molar-refractivity contribution in [2.45, 2.75) is 51.0 Å². The van der Waals surface area contributed by atoms with E-state index in [0.717, 1.165) is 31.7 Å². The molecule has 1 atom stereocenters. The van der Waals surface area contributed by atoms with Gasteiger partial charge in [0, 0.05) is 43.7 Å². The molecule has 20 heavy (non-hydrogen) atoms. The Labute approximate surface area is 119 Å². The van der Waals surface area contributed by atoms with Crippen LogP contribution in [0.4, 0.5) is 5.82 Å². The fourth-order valence-electron chi connectivity index (χ4n) is 3.05. The first kappa shape index (κ1) is 13.3. The van der Waals surface area contributed by atoms with Gasteiger partial charge in [-0.25, -0.2) is 9.97 Å². The zero-order valence-corrected chi connectivity index (χ0v) is 12.0. The second kappa shape index (κ2) is 5.77. The van der Waals surface area contributed by atoms with E-state index in [1.54, 1.807) is 13.3 Å². The van der Waals surface area contributed by atoms with Gasteiger partial charge in [0.05, 0.1) is 0 Å². The van der Waals surface area contributed by atoms with E-state index < -0.39 is 0 Å². The number of amides is 1. The average Bonchev–Trinajstić information content (AvgIpc) is 2.37. The monoisotopic (exact) mass is 274 g/mol. The summed E-state index contributed by atoms with van der Waals surface area (Å²) >= 11 is 0. The number of aromatic nitrogens is 2. The second-order valence-corrected chi connectivity index (χ2v) is 5.91. The van der Waals surface area contributed by atoms with Crippen LogP contribution in [0.3, 0.4) is 0 Å². The van der Waals surface area contributed by atoms with Crippen LogP contribution in [0, 0.1) is 0 Å². The zero-order valence-electron chi connectivity index (χ0n) is 12.0. The van der Waals surface area contributed by atoms with Crippen LogP contribution in [0.2, 0.25) is 0 Å². The molecular weight excluding hydrogens is 252 g/mol. The van der Waals surface area contributed by atoms with Gasteiger partial charge in [-0.05, 0) is 25.7 Å². The average molecular weight is 274 g/mol. The summed E-state index contributed by atoms with van der Waals surface area (Å²) in [5.74, 6) is 1.69. The van der Waals surface area contributed by atoms with Crippen LogP contribution in [0.1, 0.15) is 50.6 Å². The molecule has 108 valence electrons. The first-order chi connectivity index (χ1) is 9.72. The van der Waals surface area contributed by atoms with Crippen LogP contribution in [0.25, 0.3) is 0 Å². The predicted octanol–water partition coefficient (Wildman–Crippen LogP) is 1.85. The Kier molecular flexibility index (Phi) is 3.85. The van der Waals surface area contributed by atoms with E-state index in [4.69, 9.17) is 0 Å². The third kappa shape index (κ3) is 2.92. The van der Waals surface area contributed by atoms with Gasteiger partial charge >= 0.3 is 0 Å². The molecule has 1 saturated heterocycles. The molecule has 0 bridgehead atoms. The van der Waals surface area contributed by atoms with E-state index in [2.05, 4.69) is 26.3 Å². The third-order valence-electron chi connectivity index (χ3n) is 4.35. The Morgan fingerprint density at radius 2 is 2.15 bits per heavy atom. The predicted molar refractivity (Wildman–Crippen MR) is 77.7 cm³/mol. The Morgan fingerprint density at radius 3 is 2.85 bits per heavy atom. The van der Waals surface area contributed by atoms with Gasteiger partial charge in [-0.15, -0.1) is 0 Å². The molecule has 0 spiro atoms. The van der Waals surface area contributed by atoms with E-state index in [-0.39, 0.29) is 11.9 Å². The van der Waals surface area contributed by atoms with Crippen molar-refractivity contribution in [3.05, 3.63) is 18.1 Å². The standard InChI is InChI=1S/C15H22N4O/c1-11(20)18-13-6-3-7-19(9-13)15-8-14(16-10-17-15)12-4-2-5-12/h8,10,12-13H,2-7,9H2,1H3,(H,18,20). The maximum atomic E-state index is 11.2. The fraction of sp³-hybridized carbons (Fsp3) is 0.667. The SMILES string of the molecule is CC(=O)NC1CCCN(c2cc(C3CCC3)ncn2)C1. The normalized spacial score (nSPS) is 23.2. The summed E-state index contributed by atoms with van der Waals surface area (Å²) in [6, 6.07) is 2.38. The van der Waals surface area contributed by atoms with E-state index in [1.165, 1.54) is 25.0 Å². The highest BCUT2D eigenvalue weighted by Crippen LogP contribution is 2.36. The number of piperidine rings is 1. The number of carbonyl (C=O) groups is 1. The van der Waals surface area contributed by atoms with Crippen LogP contribution < -0.4 is 10.2 Å². The van der Waals surface area contributed by atoms with Crippen molar-refractivity contribution in [2.24, 2.45) is 0 Å². The lowest BCUT2D eigenvalue weighted by Gasteiger charge is -2.34. The van der Waals surface area contributed by atoms with Gasteiger partial charge in [0.15, 0.2) is 0 Å². The fourth-order valence-corrected chi connectivity index (χ4v) is 3.05. The molecule has 1 aliphatic carbocycles. The van der Waals surface area contributed by atoms with Gasteiger partial charge in [0.2, 0.25) is 5.91 Å². The summed E-state index contributed by atoms with van der Waals surface area (Å²) in [4.78, 5) is 22.3. The number of anilines is 1. The van der Waals surface area contributed by atoms with Crippen molar-refractivity contribution in [1.82, 2.24) is 15.3 Å². The first-order valence-electron chi connectivity index (χ1n) is 7.56. The highest BCUT2D eigenvalue weighted by atomic mass is 16.1. The number of nitrogens with zero attached hydrogens (tertiary/aromatic N) is 3. The van der Waals surface area contributed by atoms with Gasteiger partial charge in [-0.1, -0.05) is 6.42 Å². The molecule has 0 aromatic carbocycles. The number of carbonyl (C=O) groups excluding carboxylic acids is 1. The smallest absolute Gasteiger partial charge is 0.217 e. The Balaban J connectivity index is 1.69. The minimum atomic E-state index is 0.0506. The zero-order chi connectivity index (χ0) is 13.9. The number of nitrogens with one attached hydrogen (secondary N) is 1. The van der Waals surface area contributed by atoms with Gasteiger partial charge in [0.25, 0.3) is 0 Å². The summed E-state index contributed by atoms with van der Waals surface area (Å²) in [7, 11) is 0. The minimum Gasteiger partial charge on any atom is -0.354 e. The van der Waals surface area contributed by atoms with Crippen molar-refractivity contribution >= 4 is 11.7 Å². The summed E-state index contributed by atoms with van der Waals surface area (Å²) in [5.41, 5.74) is 1.18. The van der Waals surface area contributed by atoms with Crippen LogP contribution in [0.5, 0.6) is 0 Å². The van der Waals surface area contributed by atoms with Crippen molar-refractivity contribution in [3.8, 4) is 0 Å². The van der Waals surface area contributed by atoms with Gasteiger partial charge in [-0.2, -0.15) is 0 Å². The molecule has 1 saturated carbocycles. The van der Waals surface area contributed by atoms with Crippen LogP contribution in [0.15, 0.2) is 12.4 Å². The molecule has 0 radical (unpaired) electrons. The Bertz CT molecular complexity index is 487. The summed E-state index contributed by atoms with van der Waals surface area (Å²) in [5, 5.41) is 3.02. The molecule has 2 fully saturated rings. The molecule has 1 aromatic rings. The van der Waals surface area contributed by atoms with Gasteiger partial charge < -0.3 is 10.2 Å². The molecule has 1 unspecified atom stereocenters. The lowest BCUT2D eigenvalue weighted by molar-refractivity contribution is -0.119. The maximum absolute atomic E-state index is 11.2. The Hall–Kier alpha value is -1.65. The molecular formula is C15H22N4O. The summed E-state index contributed by atoms with van der Waals surface area (Å²) < 4.78 is 0. The van der Waals surface area contributed by atoms with Crippen LogP contribution in [-0.2, 0) is 4.79 Å². The molecule has 5 nitrogen and oxygen atoms in total. The largest absolute Gasteiger partial charge is 0.354 e. The molecule has 1 amide bonds. The second-order valence-electron chi connectivity index (χ2n) is 5.91. The Morgan fingerprint density at radius 1 is 1.30 bits per heavy atom. The van der Waals surface area contributed by atoms with Crippen LogP contribution >= 0.6 is 0 Å². The summed E-state index contributed by atoms with van der Waals surface area (Å²) in [6.07, 6.45) is 7.66. The molecule has 5 heteroatoms. The number of rotatable bonds is 3. The number of hydrogen-bond acceptors (Lipinski definition) is 4. The number of hydrogen-bond donors (Lipinski definition) is 1. The van der Waals surface area contributed by atoms with Gasteiger partial charge in [0.1, 0.15) is 12.1 Å². The highest BCUT2D eigenvalue weighted by molar-refractivity contribution is 5.73. The topological polar surface area (TPSA) is 58.1 Å². The minimum absolute atomic E-state index is 0.0506. The van der Waals surface area contributed by atoms with E-state index >= 15 is 0 Å². The van der Waals surface area contributed by atoms with Crippen molar-refractivity contribution < 1.29 is 4.79 Å². The molecule has 1 N–H and O–H groups in total. The van der Waals surface area contributed by atoms with Gasteiger partial charge in [-0.3, -0.25) is 4.79 Å².